The van der Waals surface area contributed by atoms with Gasteiger partial charge in [-0.3, -0.25) is 29.3 Å². The number of anilines is 2. The van der Waals surface area contributed by atoms with E-state index in [0.29, 0.717) is 5.57 Å². The van der Waals surface area contributed by atoms with Crippen molar-refractivity contribution in [2.24, 2.45) is 29.1 Å². The predicted octanol–water partition coefficient (Wildman–Crippen LogP) is 5.63. The summed E-state index contributed by atoms with van der Waals surface area (Å²) >= 11 is 0. The highest BCUT2D eigenvalue weighted by atomic mass is 19.4. The van der Waals surface area contributed by atoms with Gasteiger partial charge in [-0.1, -0.05) is 35.9 Å². The first-order valence-electron chi connectivity index (χ1n) is 15.1. The first-order chi connectivity index (χ1) is 22.7. The summed E-state index contributed by atoms with van der Waals surface area (Å²) in [4.78, 5) is 69.2. The van der Waals surface area contributed by atoms with Crippen LogP contribution in [0.1, 0.15) is 31.2 Å². The summed E-state index contributed by atoms with van der Waals surface area (Å²) in [5.41, 5.74) is -1.36. The molecule has 1 N–H and O–H groups in total. The quantitative estimate of drug-likeness (QED) is 0.160. The maximum Gasteiger partial charge on any atom is 0.573 e. The Morgan fingerprint density at radius 2 is 1.60 bits per heavy atom. The summed E-state index contributed by atoms with van der Waals surface area (Å²) in [5, 5.41) is 22.6. The lowest BCUT2D eigenvalue weighted by atomic mass is 9.51. The number of phenolic OH excluding ortho intramolecular Hbond substituents is 1. The van der Waals surface area contributed by atoms with Crippen LogP contribution in [0.25, 0.3) is 0 Å². The Bertz CT molecular complexity index is 1950. The van der Waals surface area contributed by atoms with E-state index in [1.807, 2.05) is 0 Å². The molecule has 0 aromatic heterocycles. The Balaban J connectivity index is 1.38. The molecule has 1 saturated carbocycles. The second kappa shape index (κ2) is 10.8. The average Bonchev–Trinajstić information content (AvgIpc) is 3.41. The lowest BCUT2D eigenvalue weighted by Crippen LogP contribution is -2.49. The van der Waals surface area contributed by atoms with Gasteiger partial charge in [0.2, 0.25) is 23.6 Å². The number of nitrogens with zero attached hydrogens (tertiary/aromatic N) is 3. The lowest BCUT2D eigenvalue weighted by molar-refractivity contribution is -0.384. The SMILES string of the molecule is CC12C(=O)N(c3ccccc3)C(=O)C1CC1C(=CCC3C(=O)N(c4cccc([N+](=O)[O-])c4)C(=O)C31)C2c1cc(OC(F)(F)F)ccc1O. The Labute approximate surface area is 270 Å². The second-order valence-corrected chi connectivity index (χ2v) is 12.6. The molecule has 7 rings (SSSR count). The lowest BCUT2D eigenvalue weighted by Gasteiger charge is -2.49. The van der Waals surface area contributed by atoms with Gasteiger partial charge < -0.3 is 9.84 Å². The Hall–Kier alpha value is -5.53. The number of non-ortho nitro benzene ring substituents is 1. The number of benzene rings is 3. The third-order valence-corrected chi connectivity index (χ3v) is 10.1. The third-order valence-electron chi connectivity index (χ3n) is 10.1. The van der Waals surface area contributed by atoms with Gasteiger partial charge in [0.1, 0.15) is 11.5 Å². The maximum atomic E-state index is 14.4. The van der Waals surface area contributed by atoms with Crippen LogP contribution in [0, 0.1) is 39.2 Å². The molecule has 4 aliphatic rings. The number of imide groups is 2. The molecule has 6 unspecified atom stereocenters. The number of aromatic hydroxyl groups is 1. The molecule has 2 saturated heterocycles. The fourth-order valence-corrected chi connectivity index (χ4v) is 8.14. The molecule has 0 bridgehead atoms. The Morgan fingerprint density at radius 3 is 2.29 bits per heavy atom. The van der Waals surface area contributed by atoms with E-state index in [4.69, 9.17) is 0 Å². The largest absolute Gasteiger partial charge is 0.573 e. The smallest absolute Gasteiger partial charge is 0.508 e. The Morgan fingerprint density at radius 1 is 0.896 bits per heavy atom. The first kappa shape index (κ1) is 31.1. The van der Waals surface area contributed by atoms with Crippen molar-refractivity contribution >= 4 is 40.7 Å². The van der Waals surface area contributed by atoms with Gasteiger partial charge in [0.15, 0.2) is 0 Å². The predicted molar refractivity (Wildman–Crippen MR) is 161 cm³/mol. The highest BCUT2D eigenvalue weighted by Crippen LogP contribution is 2.64. The molecule has 4 amide bonds. The van der Waals surface area contributed by atoms with Gasteiger partial charge in [0.05, 0.1) is 39.5 Å². The fourth-order valence-electron chi connectivity index (χ4n) is 8.14. The summed E-state index contributed by atoms with van der Waals surface area (Å²) in [5.74, 6) is -8.67. The molecule has 14 heteroatoms. The molecule has 3 aromatic rings. The average molecular weight is 662 g/mol. The summed E-state index contributed by atoms with van der Waals surface area (Å²) in [6.45, 7) is 1.53. The maximum absolute atomic E-state index is 14.4. The molecule has 2 heterocycles. The number of para-hydroxylation sites is 1. The number of rotatable bonds is 5. The fraction of sp³-hybridized carbons (Fsp3) is 0.294. The van der Waals surface area contributed by atoms with E-state index in [-0.39, 0.29) is 35.5 Å². The number of alkyl halides is 3. The molecule has 0 radical (unpaired) electrons. The van der Waals surface area contributed by atoms with Gasteiger partial charge in [0, 0.05) is 23.6 Å². The van der Waals surface area contributed by atoms with E-state index >= 15 is 0 Å². The molecule has 246 valence electrons. The minimum absolute atomic E-state index is 0.00404. The minimum atomic E-state index is -5.07. The number of ether oxygens (including phenoxy) is 1. The number of allylic oxidation sites excluding steroid dienone is 2. The number of fused-ring (bicyclic) bond motifs is 4. The van der Waals surface area contributed by atoms with Gasteiger partial charge in [-0.05, 0) is 62.1 Å². The van der Waals surface area contributed by atoms with Gasteiger partial charge in [-0.15, -0.1) is 13.2 Å². The Kier molecular flexibility index (Phi) is 6.97. The number of nitro benzene ring substituents is 1. The molecule has 2 aliphatic carbocycles. The number of nitro groups is 1. The molecule has 48 heavy (non-hydrogen) atoms. The van der Waals surface area contributed by atoms with Crippen LogP contribution < -0.4 is 14.5 Å². The van der Waals surface area contributed by atoms with Crippen molar-refractivity contribution in [3.05, 3.63) is 100 Å². The van der Waals surface area contributed by atoms with Crippen molar-refractivity contribution in [1.82, 2.24) is 0 Å². The van der Waals surface area contributed by atoms with Crippen LogP contribution in [0.4, 0.5) is 30.2 Å². The van der Waals surface area contributed by atoms with Crippen molar-refractivity contribution < 1.29 is 47.1 Å². The van der Waals surface area contributed by atoms with Crippen LogP contribution in [-0.2, 0) is 19.2 Å². The van der Waals surface area contributed by atoms with E-state index in [1.54, 1.807) is 36.4 Å². The molecule has 2 aliphatic heterocycles. The van der Waals surface area contributed by atoms with Crippen LogP contribution in [0.15, 0.2) is 84.4 Å². The monoisotopic (exact) mass is 661 g/mol. The number of phenols is 1. The number of halogens is 3. The number of hydrogen-bond donors (Lipinski definition) is 1. The van der Waals surface area contributed by atoms with Crippen LogP contribution >= 0.6 is 0 Å². The zero-order valence-corrected chi connectivity index (χ0v) is 25.1. The van der Waals surface area contributed by atoms with Gasteiger partial charge in [-0.2, -0.15) is 0 Å². The zero-order chi connectivity index (χ0) is 34.3. The topological polar surface area (TPSA) is 147 Å². The third kappa shape index (κ3) is 4.57. The van der Waals surface area contributed by atoms with Crippen molar-refractivity contribution in [2.75, 3.05) is 9.80 Å². The zero-order valence-electron chi connectivity index (χ0n) is 25.1. The summed E-state index contributed by atoms with van der Waals surface area (Å²) in [6.07, 6.45) is -3.44. The van der Waals surface area contributed by atoms with E-state index < -0.39 is 81.4 Å². The number of amides is 4. The highest BCUT2D eigenvalue weighted by Gasteiger charge is 2.68. The van der Waals surface area contributed by atoms with Crippen molar-refractivity contribution in [3.8, 4) is 11.5 Å². The highest BCUT2D eigenvalue weighted by molar-refractivity contribution is 6.25. The van der Waals surface area contributed by atoms with E-state index in [2.05, 4.69) is 4.74 Å². The number of carbonyl (C=O) groups excluding carboxylic acids is 4. The first-order valence-corrected chi connectivity index (χ1v) is 15.1. The molecule has 0 spiro atoms. The van der Waals surface area contributed by atoms with Gasteiger partial charge >= 0.3 is 6.36 Å². The number of hydrogen-bond acceptors (Lipinski definition) is 8. The van der Waals surface area contributed by atoms with Crippen molar-refractivity contribution in [2.45, 2.75) is 32.0 Å². The second-order valence-electron chi connectivity index (χ2n) is 12.6. The normalized spacial score (nSPS) is 28.2. The van der Waals surface area contributed by atoms with E-state index in [0.717, 1.165) is 34.1 Å². The molecule has 3 aromatic carbocycles. The van der Waals surface area contributed by atoms with E-state index in [9.17, 15) is 47.6 Å². The van der Waals surface area contributed by atoms with Crippen molar-refractivity contribution in [1.29, 1.82) is 0 Å². The van der Waals surface area contributed by atoms with Crippen molar-refractivity contribution in [3.63, 3.8) is 0 Å². The summed E-state index contributed by atoms with van der Waals surface area (Å²) in [6, 6.07) is 16.1. The van der Waals surface area contributed by atoms with Crippen LogP contribution in [0.3, 0.4) is 0 Å². The molecule has 11 nitrogen and oxygen atoms in total. The van der Waals surface area contributed by atoms with Crippen LogP contribution in [0.2, 0.25) is 0 Å². The van der Waals surface area contributed by atoms with Gasteiger partial charge in [0.25, 0.3) is 5.69 Å². The van der Waals surface area contributed by atoms with Gasteiger partial charge in [-0.25, -0.2) is 9.80 Å². The van der Waals surface area contributed by atoms with Crippen LogP contribution in [-0.4, -0.2) is 40.0 Å². The minimum Gasteiger partial charge on any atom is -0.508 e. The molecule has 3 fully saturated rings. The molecular weight excluding hydrogens is 635 g/mol. The number of carbonyl (C=O) groups is 4. The van der Waals surface area contributed by atoms with Crippen LogP contribution in [0.5, 0.6) is 11.5 Å². The standard InChI is InChI=1S/C34H26F3N3O8/c1-33-25(30(43)39(32(33)45)17-6-3-2-4-7-17)16-23-21(28(33)24-15-20(10-13-26(24)41)48-34(35,36)37)11-12-22-27(23)31(44)38(29(22)42)18-8-5-9-19(14-18)40(46)47/h2-11,13-15,22-23,25,27-28,41H,12,16H2,1H3. The molecule has 6 atom stereocenters. The van der Waals surface area contributed by atoms with E-state index in [1.165, 1.54) is 25.1 Å². The summed E-state index contributed by atoms with van der Waals surface area (Å²) < 4.78 is 44.0. The summed E-state index contributed by atoms with van der Waals surface area (Å²) in [7, 11) is 0. The molecular formula is C34H26F3N3O8.